The summed E-state index contributed by atoms with van der Waals surface area (Å²) in [5.74, 6) is 2.46. The van der Waals surface area contributed by atoms with Crippen LogP contribution in [-0.2, 0) is 16.1 Å². The minimum Gasteiger partial charge on any atom is -0.378 e. The number of imidazole rings is 1. The fourth-order valence-corrected chi connectivity index (χ4v) is 4.87. The number of carbonyl (C=O) groups excluding carboxylic acids is 1. The lowest BCUT2D eigenvalue weighted by Gasteiger charge is -2.28. The van der Waals surface area contributed by atoms with Crippen LogP contribution in [0.25, 0.3) is 33.9 Å². The molecular weight excluding hydrogens is 442 g/mol. The summed E-state index contributed by atoms with van der Waals surface area (Å²) < 4.78 is 7.73. The normalized spacial score (nSPS) is 16.4. The minimum atomic E-state index is 0.165. The maximum atomic E-state index is 12.3. The second kappa shape index (κ2) is 9.07. The molecule has 3 aromatic heterocycles. The number of anilines is 2. The van der Waals surface area contributed by atoms with E-state index in [9.17, 15) is 4.79 Å². The predicted molar refractivity (Wildman–Crippen MR) is 134 cm³/mol. The first-order chi connectivity index (χ1) is 17.2. The van der Waals surface area contributed by atoms with Gasteiger partial charge in [-0.1, -0.05) is 12.1 Å². The Kier molecular flexibility index (Phi) is 5.61. The van der Waals surface area contributed by atoms with E-state index in [4.69, 9.17) is 19.7 Å². The van der Waals surface area contributed by atoms with Gasteiger partial charge in [0.15, 0.2) is 22.8 Å². The van der Waals surface area contributed by atoms with Crippen LogP contribution in [0, 0.1) is 0 Å². The van der Waals surface area contributed by atoms with Crippen molar-refractivity contribution in [2.24, 2.45) is 0 Å². The Bertz CT molecular complexity index is 1380. The third-order valence-corrected chi connectivity index (χ3v) is 6.63. The number of hydrogen-bond donors (Lipinski definition) is 0. The van der Waals surface area contributed by atoms with Gasteiger partial charge in [-0.25, -0.2) is 15.0 Å². The van der Waals surface area contributed by atoms with Gasteiger partial charge in [-0.05, 0) is 37.6 Å². The molecule has 0 spiro atoms. The summed E-state index contributed by atoms with van der Waals surface area (Å²) in [5, 5.41) is 0. The van der Waals surface area contributed by atoms with E-state index in [2.05, 4.69) is 21.4 Å². The SMILES string of the molecule is CCn1c(-c2ccncc2)nc2c(N3CCOCC3)nc(-c3cccc(N4CCCC4=O)c3)nc21. The van der Waals surface area contributed by atoms with Gasteiger partial charge in [0.1, 0.15) is 5.82 Å². The van der Waals surface area contributed by atoms with E-state index in [1.165, 1.54) is 0 Å². The summed E-state index contributed by atoms with van der Waals surface area (Å²) >= 11 is 0. The Labute approximate surface area is 203 Å². The topological polar surface area (TPSA) is 89.3 Å². The highest BCUT2D eigenvalue weighted by atomic mass is 16.5. The van der Waals surface area contributed by atoms with Crippen LogP contribution in [0.5, 0.6) is 0 Å². The Morgan fingerprint density at radius 1 is 0.971 bits per heavy atom. The zero-order valence-corrected chi connectivity index (χ0v) is 19.7. The number of rotatable bonds is 5. The van der Waals surface area contributed by atoms with Gasteiger partial charge in [0.05, 0.1) is 13.2 Å². The molecule has 6 rings (SSSR count). The summed E-state index contributed by atoms with van der Waals surface area (Å²) in [5.41, 5.74) is 4.35. The average molecular weight is 470 g/mol. The molecule has 0 aliphatic carbocycles. The molecule has 35 heavy (non-hydrogen) atoms. The Morgan fingerprint density at radius 2 is 1.80 bits per heavy atom. The molecule has 0 saturated carbocycles. The molecule has 1 amide bonds. The highest BCUT2D eigenvalue weighted by Crippen LogP contribution is 2.33. The molecule has 2 fully saturated rings. The van der Waals surface area contributed by atoms with Gasteiger partial charge < -0.3 is 19.1 Å². The number of benzene rings is 1. The van der Waals surface area contributed by atoms with Crippen molar-refractivity contribution in [1.82, 2.24) is 24.5 Å². The third kappa shape index (κ3) is 3.91. The lowest BCUT2D eigenvalue weighted by atomic mass is 10.1. The van der Waals surface area contributed by atoms with E-state index < -0.39 is 0 Å². The van der Waals surface area contributed by atoms with Gasteiger partial charge in [-0.3, -0.25) is 9.78 Å². The molecule has 4 aromatic rings. The molecule has 0 unspecified atom stereocenters. The van der Waals surface area contributed by atoms with Crippen LogP contribution < -0.4 is 9.80 Å². The molecule has 0 radical (unpaired) electrons. The van der Waals surface area contributed by atoms with Crippen molar-refractivity contribution in [2.75, 3.05) is 42.6 Å². The molecular formula is C26H27N7O2. The number of nitrogens with zero attached hydrogens (tertiary/aromatic N) is 7. The van der Waals surface area contributed by atoms with Crippen molar-refractivity contribution in [1.29, 1.82) is 0 Å². The van der Waals surface area contributed by atoms with Crippen LogP contribution in [0.3, 0.4) is 0 Å². The van der Waals surface area contributed by atoms with Crippen LogP contribution in [0.4, 0.5) is 11.5 Å². The number of carbonyl (C=O) groups is 1. The van der Waals surface area contributed by atoms with Crippen LogP contribution in [0.1, 0.15) is 19.8 Å². The lowest BCUT2D eigenvalue weighted by molar-refractivity contribution is -0.117. The molecule has 0 atom stereocenters. The summed E-state index contributed by atoms with van der Waals surface area (Å²) in [4.78, 5) is 35.7. The van der Waals surface area contributed by atoms with Crippen molar-refractivity contribution in [3.8, 4) is 22.8 Å². The minimum absolute atomic E-state index is 0.165. The summed E-state index contributed by atoms with van der Waals surface area (Å²) in [6.07, 6.45) is 5.04. The Balaban J connectivity index is 1.54. The first-order valence-electron chi connectivity index (χ1n) is 12.1. The number of hydrogen-bond acceptors (Lipinski definition) is 7. The van der Waals surface area contributed by atoms with Gasteiger partial charge in [-0.15, -0.1) is 0 Å². The van der Waals surface area contributed by atoms with Crippen molar-refractivity contribution in [2.45, 2.75) is 26.3 Å². The molecule has 1 aromatic carbocycles. The molecule has 9 heteroatoms. The molecule has 0 bridgehead atoms. The number of aryl methyl sites for hydroxylation is 1. The standard InChI is InChI=1S/C26H27N7O2/c1-2-32-24(18-8-10-27-11-9-18)28-22-25(31-13-15-35-16-14-31)29-23(30-26(22)32)19-5-3-6-20(17-19)33-12-4-7-21(33)34/h3,5-6,8-11,17H,2,4,7,12-16H2,1H3. The summed E-state index contributed by atoms with van der Waals surface area (Å²) in [6, 6.07) is 11.9. The van der Waals surface area contributed by atoms with Gasteiger partial charge in [0.25, 0.3) is 0 Å². The highest BCUT2D eigenvalue weighted by Gasteiger charge is 2.25. The van der Waals surface area contributed by atoms with E-state index in [-0.39, 0.29) is 5.91 Å². The molecule has 2 saturated heterocycles. The largest absolute Gasteiger partial charge is 0.378 e. The van der Waals surface area contributed by atoms with Crippen LogP contribution in [0.2, 0.25) is 0 Å². The maximum Gasteiger partial charge on any atom is 0.227 e. The first-order valence-corrected chi connectivity index (χ1v) is 12.1. The molecule has 2 aliphatic heterocycles. The van der Waals surface area contributed by atoms with Crippen LogP contribution in [0.15, 0.2) is 48.8 Å². The zero-order chi connectivity index (χ0) is 23.8. The number of pyridine rings is 1. The second-order valence-corrected chi connectivity index (χ2v) is 8.76. The summed E-state index contributed by atoms with van der Waals surface area (Å²) in [7, 11) is 0. The van der Waals surface area contributed by atoms with Crippen LogP contribution in [-0.4, -0.2) is 63.3 Å². The zero-order valence-electron chi connectivity index (χ0n) is 19.7. The van der Waals surface area contributed by atoms with Gasteiger partial charge in [0, 0.05) is 61.8 Å². The smallest absolute Gasteiger partial charge is 0.227 e. The number of aromatic nitrogens is 5. The van der Waals surface area contributed by atoms with Crippen molar-refractivity contribution >= 4 is 28.6 Å². The fraction of sp³-hybridized carbons (Fsp3) is 0.346. The quantitative estimate of drug-likeness (QED) is 0.442. The van der Waals surface area contributed by atoms with Crippen molar-refractivity contribution in [3.63, 3.8) is 0 Å². The van der Waals surface area contributed by atoms with E-state index in [1.54, 1.807) is 12.4 Å². The number of ether oxygens (including phenoxy) is 1. The maximum absolute atomic E-state index is 12.3. The third-order valence-electron chi connectivity index (χ3n) is 6.63. The van der Waals surface area contributed by atoms with Crippen LogP contribution >= 0.6 is 0 Å². The monoisotopic (exact) mass is 469 g/mol. The van der Waals surface area contributed by atoms with E-state index in [1.807, 2.05) is 41.3 Å². The van der Waals surface area contributed by atoms with Gasteiger partial charge in [-0.2, -0.15) is 0 Å². The average Bonchev–Trinajstić information content (AvgIpc) is 3.52. The van der Waals surface area contributed by atoms with Crippen molar-refractivity contribution in [3.05, 3.63) is 48.8 Å². The van der Waals surface area contributed by atoms with Crippen molar-refractivity contribution < 1.29 is 9.53 Å². The number of amides is 1. The van der Waals surface area contributed by atoms with E-state index in [0.29, 0.717) is 25.5 Å². The molecule has 0 N–H and O–H groups in total. The first kappa shape index (κ1) is 21.7. The number of fused-ring (bicyclic) bond motifs is 1. The molecule has 2 aliphatic rings. The second-order valence-electron chi connectivity index (χ2n) is 8.76. The molecule has 178 valence electrons. The molecule has 9 nitrogen and oxygen atoms in total. The summed E-state index contributed by atoms with van der Waals surface area (Å²) in [6.45, 7) is 6.36. The fourth-order valence-electron chi connectivity index (χ4n) is 4.87. The Morgan fingerprint density at radius 3 is 2.54 bits per heavy atom. The van der Waals surface area contributed by atoms with E-state index in [0.717, 1.165) is 72.2 Å². The predicted octanol–water partition coefficient (Wildman–Crippen LogP) is 3.54. The highest BCUT2D eigenvalue weighted by molar-refractivity contribution is 5.96. The lowest BCUT2D eigenvalue weighted by Crippen LogP contribution is -2.37. The Hall–Kier alpha value is -3.85. The van der Waals surface area contributed by atoms with Gasteiger partial charge in [0.2, 0.25) is 5.91 Å². The van der Waals surface area contributed by atoms with Gasteiger partial charge >= 0.3 is 0 Å². The van der Waals surface area contributed by atoms with E-state index >= 15 is 0 Å². The number of morpholine rings is 1. The molecule has 5 heterocycles.